The molecular formula is C20H24N2O2. The molecule has 0 aliphatic heterocycles. The maximum atomic E-state index is 12.5. The second-order valence-corrected chi connectivity index (χ2v) is 6.14. The molecule has 0 heterocycles. The van der Waals surface area contributed by atoms with Crippen LogP contribution in [-0.4, -0.2) is 18.4 Å². The van der Waals surface area contributed by atoms with Gasteiger partial charge in [-0.25, -0.2) is 0 Å². The Bertz CT molecular complexity index is 761. The molecule has 0 atom stereocenters. The van der Waals surface area contributed by atoms with Crippen molar-refractivity contribution in [3.05, 3.63) is 58.7 Å². The molecule has 2 aromatic carbocycles. The lowest BCUT2D eigenvalue weighted by atomic mass is 10.1. The van der Waals surface area contributed by atoms with Crippen LogP contribution in [0.5, 0.6) is 0 Å². The van der Waals surface area contributed by atoms with Crippen molar-refractivity contribution in [3.8, 4) is 0 Å². The van der Waals surface area contributed by atoms with Gasteiger partial charge < -0.3 is 10.2 Å². The summed E-state index contributed by atoms with van der Waals surface area (Å²) in [4.78, 5) is 26.1. The van der Waals surface area contributed by atoms with Crippen molar-refractivity contribution in [2.75, 3.05) is 16.8 Å². The molecule has 0 aliphatic rings. The molecular weight excluding hydrogens is 300 g/mol. The Kier molecular flexibility index (Phi) is 5.39. The maximum Gasteiger partial charge on any atom is 0.244 e. The summed E-state index contributed by atoms with van der Waals surface area (Å²) >= 11 is 0. The van der Waals surface area contributed by atoms with Gasteiger partial charge in [-0.05, 0) is 56.0 Å². The highest BCUT2D eigenvalue weighted by Gasteiger charge is 2.19. The van der Waals surface area contributed by atoms with Gasteiger partial charge in [0.05, 0.1) is 5.69 Å². The van der Waals surface area contributed by atoms with E-state index in [0.29, 0.717) is 0 Å². The molecule has 0 aliphatic carbocycles. The fourth-order valence-corrected chi connectivity index (χ4v) is 2.80. The second kappa shape index (κ2) is 7.30. The van der Waals surface area contributed by atoms with Gasteiger partial charge in [0.25, 0.3) is 0 Å². The predicted molar refractivity (Wildman–Crippen MR) is 98.5 cm³/mol. The zero-order chi connectivity index (χ0) is 17.9. The molecule has 126 valence electrons. The summed E-state index contributed by atoms with van der Waals surface area (Å²) in [6.07, 6.45) is 0. The van der Waals surface area contributed by atoms with Gasteiger partial charge in [-0.2, -0.15) is 0 Å². The Morgan fingerprint density at radius 1 is 0.917 bits per heavy atom. The first-order valence-electron chi connectivity index (χ1n) is 8.01. The minimum Gasteiger partial charge on any atom is -0.324 e. The molecule has 4 nitrogen and oxygen atoms in total. The first-order chi connectivity index (χ1) is 11.3. The summed E-state index contributed by atoms with van der Waals surface area (Å²) in [5.41, 5.74) is 5.69. The minimum atomic E-state index is -0.207. The Morgan fingerprint density at radius 2 is 1.46 bits per heavy atom. The Labute approximate surface area is 143 Å². The molecule has 1 N–H and O–H groups in total. The van der Waals surface area contributed by atoms with E-state index in [1.165, 1.54) is 11.8 Å². The molecule has 0 spiro atoms. The molecule has 4 heteroatoms. The van der Waals surface area contributed by atoms with Crippen molar-refractivity contribution in [3.63, 3.8) is 0 Å². The highest BCUT2D eigenvalue weighted by Crippen LogP contribution is 2.25. The van der Waals surface area contributed by atoms with E-state index in [1.54, 1.807) is 0 Å². The third kappa shape index (κ3) is 3.82. The molecule has 2 amide bonds. The Hall–Kier alpha value is -2.62. The molecule has 0 saturated heterocycles. The lowest BCUT2D eigenvalue weighted by Crippen LogP contribution is -2.37. The number of aryl methyl sites for hydroxylation is 3. The average molecular weight is 324 g/mol. The quantitative estimate of drug-likeness (QED) is 0.927. The number of hydrogen-bond acceptors (Lipinski definition) is 2. The van der Waals surface area contributed by atoms with Gasteiger partial charge in [-0.1, -0.05) is 30.3 Å². The van der Waals surface area contributed by atoms with Gasteiger partial charge in [0.1, 0.15) is 6.54 Å². The van der Waals surface area contributed by atoms with Crippen LogP contribution in [0, 0.1) is 27.7 Å². The van der Waals surface area contributed by atoms with Crippen LogP contribution in [0.4, 0.5) is 11.4 Å². The van der Waals surface area contributed by atoms with Gasteiger partial charge in [0.15, 0.2) is 0 Å². The number of rotatable bonds is 4. The van der Waals surface area contributed by atoms with Crippen molar-refractivity contribution >= 4 is 23.2 Å². The van der Waals surface area contributed by atoms with Crippen molar-refractivity contribution < 1.29 is 9.59 Å². The van der Waals surface area contributed by atoms with Crippen molar-refractivity contribution in [1.82, 2.24) is 0 Å². The molecule has 0 aromatic heterocycles. The fraction of sp³-hybridized carbons (Fsp3) is 0.300. The number of nitrogens with zero attached hydrogens (tertiary/aromatic N) is 1. The van der Waals surface area contributed by atoms with Crippen molar-refractivity contribution in [1.29, 1.82) is 0 Å². The smallest absolute Gasteiger partial charge is 0.244 e. The van der Waals surface area contributed by atoms with Crippen molar-refractivity contribution in [2.24, 2.45) is 0 Å². The van der Waals surface area contributed by atoms with E-state index in [1.807, 2.05) is 64.1 Å². The average Bonchev–Trinajstić information content (AvgIpc) is 2.50. The van der Waals surface area contributed by atoms with Gasteiger partial charge in [0, 0.05) is 12.6 Å². The summed E-state index contributed by atoms with van der Waals surface area (Å²) in [6.45, 7) is 9.34. The summed E-state index contributed by atoms with van der Waals surface area (Å²) in [5, 5.41) is 2.91. The fourth-order valence-electron chi connectivity index (χ4n) is 2.80. The number of anilines is 2. The topological polar surface area (TPSA) is 49.4 Å². The van der Waals surface area contributed by atoms with Crippen LogP contribution in [0.15, 0.2) is 36.4 Å². The monoisotopic (exact) mass is 324 g/mol. The summed E-state index contributed by atoms with van der Waals surface area (Å²) in [6, 6.07) is 11.6. The predicted octanol–water partition coefficient (Wildman–Crippen LogP) is 3.91. The molecule has 0 fully saturated rings. The first-order valence-corrected chi connectivity index (χ1v) is 8.01. The highest BCUT2D eigenvalue weighted by atomic mass is 16.2. The third-order valence-electron chi connectivity index (χ3n) is 4.27. The van der Waals surface area contributed by atoms with Gasteiger partial charge in [-0.3, -0.25) is 9.59 Å². The first kappa shape index (κ1) is 17.7. The molecule has 0 radical (unpaired) electrons. The van der Waals surface area contributed by atoms with E-state index in [4.69, 9.17) is 0 Å². The molecule has 0 unspecified atom stereocenters. The largest absolute Gasteiger partial charge is 0.324 e. The van der Waals surface area contributed by atoms with Crippen LogP contribution in [0.25, 0.3) is 0 Å². The standard InChI is InChI=1S/C20H24N2O2/c1-13-8-7-11-18(16(13)4)21-19(24)12-22(17(5)23)20-14(2)9-6-10-15(20)3/h6-11H,12H2,1-5H3,(H,21,24). The van der Waals surface area contributed by atoms with E-state index < -0.39 is 0 Å². The van der Waals surface area contributed by atoms with Crippen LogP contribution in [0.3, 0.4) is 0 Å². The number of hydrogen-bond donors (Lipinski definition) is 1. The zero-order valence-electron chi connectivity index (χ0n) is 14.9. The van der Waals surface area contributed by atoms with Crippen LogP contribution < -0.4 is 10.2 Å². The lowest BCUT2D eigenvalue weighted by Gasteiger charge is -2.24. The van der Waals surface area contributed by atoms with Crippen LogP contribution in [-0.2, 0) is 9.59 Å². The number of carbonyl (C=O) groups is 2. The van der Waals surface area contributed by atoms with Crippen LogP contribution in [0.1, 0.15) is 29.2 Å². The number of carbonyl (C=O) groups excluding carboxylic acids is 2. The second-order valence-electron chi connectivity index (χ2n) is 6.14. The molecule has 0 bridgehead atoms. The number of nitrogens with one attached hydrogen (secondary N) is 1. The normalized spacial score (nSPS) is 10.4. The summed E-state index contributed by atoms with van der Waals surface area (Å²) in [5.74, 6) is -0.356. The molecule has 2 rings (SSSR count). The van der Waals surface area contributed by atoms with E-state index in [0.717, 1.165) is 33.6 Å². The summed E-state index contributed by atoms with van der Waals surface area (Å²) in [7, 11) is 0. The van der Waals surface area contributed by atoms with Crippen LogP contribution in [0.2, 0.25) is 0 Å². The Morgan fingerprint density at radius 3 is 2.04 bits per heavy atom. The SMILES string of the molecule is CC(=O)N(CC(=O)Nc1cccc(C)c1C)c1c(C)cccc1C. The zero-order valence-corrected chi connectivity index (χ0v) is 14.9. The van der Waals surface area contributed by atoms with E-state index in [2.05, 4.69) is 5.32 Å². The van der Waals surface area contributed by atoms with Gasteiger partial charge in [-0.15, -0.1) is 0 Å². The maximum absolute atomic E-state index is 12.5. The van der Waals surface area contributed by atoms with Gasteiger partial charge >= 0.3 is 0 Å². The van der Waals surface area contributed by atoms with E-state index in [9.17, 15) is 9.59 Å². The van der Waals surface area contributed by atoms with Gasteiger partial charge in [0.2, 0.25) is 11.8 Å². The minimum absolute atomic E-state index is 0.00555. The molecule has 0 saturated carbocycles. The van der Waals surface area contributed by atoms with E-state index >= 15 is 0 Å². The lowest BCUT2D eigenvalue weighted by molar-refractivity contribution is -0.120. The summed E-state index contributed by atoms with van der Waals surface area (Å²) < 4.78 is 0. The highest BCUT2D eigenvalue weighted by molar-refractivity contribution is 6.02. The molecule has 2 aromatic rings. The number of benzene rings is 2. The molecule has 24 heavy (non-hydrogen) atoms. The third-order valence-corrected chi connectivity index (χ3v) is 4.27. The van der Waals surface area contributed by atoms with Crippen LogP contribution >= 0.6 is 0 Å². The Balaban J connectivity index is 2.24. The number of amides is 2. The van der Waals surface area contributed by atoms with E-state index in [-0.39, 0.29) is 18.4 Å². The van der Waals surface area contributed by atoms with Crippen molar-refractivity contribution in [2.45, 2.75) is 34.6 Å². The number of para-hydroxylation sites is 1.